The Morgan fingerprint density at radius 1 is 1.27 bits per heavy atom. The smallest absolute Gasteiger partial charge is 0.0653 e. The minimum Gasteiger partial charge on any atom is -0.380 e. The van der Waals surface area contributed by atoms with Gasteiger partial charge in [-0.15, -0.1) is 0 Å². The molecule has 1 aromatic rings. The van der Waals surface area contributed by atoms with Crippen molar-refractivity contribution in [1.29, 1.82) is 5.26 Å². The van der Waals surface area contributed by atoms with Crippen molar-refractivity contribution in [3.8, 4) is 6.07 Å². The van der Waals surface area contributed by atoms with Crippen LogP contribution in [0.15, 0.2) is 12.1 Å². The summed E-state index contributed by atoms with van der Waals surface area (Å²) in [6.45, 7) is 1.89. The minimum atomic E-state index is 0.0183. The number of nitrogens with one attached hydrogen (secondary N) is 1. The lowest BCUT2D eigenvalue weighted by Crippen LogP contribution is -2.14. The van der Waals surface area contributed by atoms with E-state index in [0.717, 1.165) is 0 Å². The molecule has 0 spiro atoms. The quantitative estimate of drug-likeness (QED) is 0.822. The monoisotopic (exact) mass is 262 g/mol. The third-order valence-corrected chi connectivity index (χ3v) is 2.84. The Morgan fingerprint density at radius 2 is 1.87 bits per heavy atom. The van der Waals surface area contributed by atoms with Gasteiger partial charge in [0.25, 0.3) is 0 Å². The van der Waals surface area contributed by atoms with Crippen molar-refractivity contribution >= 4 is 40.5 Å². The molecule has 1 rings (SSSR count). The first-order valence-electron chi connectivity index (χ1n) is 4.32. The van der Waals surface area contributed by atoms with Crippen LogP contribution in [0.1, 0.15) is 13.3 Å². The van der Waals surface area contributed by atoms with E-state index in [9.17, 15) is 0 Å². The molecule has 0 aliphatic carbocycles. The standard InChI is InChI=1S/C10H9Cl3N2/c1-6(2-3-14)15-10-5-8(12)7(11)4-9(10)13/h4-6,15H,2H2,1H3. The van der Waals surface area contributed by atoms with E-state index in [4.69, 9.17) is 40.1 Å². The fourth-order valence-electron chi connectivity index (χ4n) is 1.09. The van der Waals surface area contributed by atoms with Crippen LogP contribution in [0.2, 0.25) is 15.1 Å². The van der Waals surface area contributed by atoms with Gasteiger partial charge in [-0.1, -0.05) is 34.8 Å². The molecule has 1 N–H and O–H groups in total. The molecule has 80 valence electrons. The second kappa shape index (κ2) is 5.46. The van der Waals surface area contributed by atoms with Crippen LogP contribution in [0.3, 0.4) is 0 Å². The molecule has 0 heterocycles. The fraction of sp³-hybridized carbons (Fsp3) is 0.300. The van der Waals surface area contributed by atoms with Crippen LogP contribution in [0.4, 0.5) is 5.69 Å². The predicted octanol–water partition coefficient (Wildman–Crippen LogP) is 4.36. The van der Waals surface area contributed by atoms with E-state index in [1.54, 1.807) is 12.1 Å². The Balaban J connectivity index is 2.87. The molecule has 1 aromatic carbocycles. The van der Waals surface area contributed by atoms with E-state index >= 15 is 0 Å². The van der Waals surface area contributed by atoms with Gasteiger partial charge in [-0.2, -0.15) is 5.26 Å². The largest absolute Gasteiger partial charge is 0.380 e. The second-order valence-electron chi connectivity index (χ2n) is 3.15. The molecule has 0 aliphatic rings. The summed E-state index contributed by atoms with van der Waals surface area (Å²) < 4.78 is 0. The molecule has 0 bridgehead atoms. The van der Waals surface area contributed by atoms with Crippen LogP contribution in [0.5, 0.6) is 0 Å². The summed E-state index contributed by atoms with van der Waals surface area (Å²) in [6.07, 6.45) is 0.399. The molecule has 1 atom stereocenters. The number of rotatable bonds is 3. The van der Waals surface area contributed by atoms with E-state index in [-0.39, 0.29) is 6.04 Å². The molecule has 0 radical (unpaired) electrons. The molecule has 1 unspecified atom stereocenters. The van der Waals surface area contributed by atoms with Gasteiger partial charge in [0.15, 0.2) is 0 Å². The van der Waals surface area contributed by atoms with Gasteiger partial charge in [-0.25, -0.2) is 0 Å². The van der Waals surface area contributed by atoms with Gasteiger partial charge >= 0.3 is 0 Å². The van der Waals surface area contributed by atoms with Crippen LogP contribution in [-0.4, -0.2) is 6.04 Å². The second-order valence-corrected chi connectivity index (χ2v) is 4.38. The average Bonchev–Trinajstić information content (AvgIpc) is 2.14. The van der Waals surface area contributed by atoms with Gasteiger partial charge < -0.3 is 5.32 Å². The zero-order valence-electron chi connectivity index (χ0n) is 8.02. The highest BCUT2D eigenvalue weighted by atomic mass is 35.5. The minimum absolute atomic E-state index is 0.0183. The maximum absolute atomic E-state index is 8.51. The molecule has 0 aliphatic heterocycles. The van der Waals surface area contributed by atoms with Crippen molar-refractivity contribution in [2.75, 3.05) is 5.32 Å². The number of nitriles is 1. The van der Waals surface area contributed by atoms with Gasteiger partial charge in [0.05, 0.1) is 33.2 Å². The Morgan fingerprint density at radius 3 is 2.47 bits per heavy atom. The molecule has 0 saturated heterocycles. The summed E-state index contributed by atoms with van der Waals surface area (Å²) >= 11 is 17.6. The van der Waals surface area contributed by atoms with Crippen molar-refractivity contribution in [3.05, 3.63) is 27.2 Å². The molecule has 0 amide bonds. The topological polar surface area (TPSA) is 35.8 Å². The molecule has 0 fully saturated rings. The lowest BCUT2D eigenvalue weighted by atomic mass is 10.2. The lowest BCUT2D eigenvalue weighted by Gasteiger charge is -2.14. The number of nitrogens with zero attached hydrogens (tertiary/aromatic N) is 1. The number of benzene rings is 1. The molecule has 2 nitrogen and oxygen atoms in total. The number of halogens is 3. The van der Waals surface area contributed by atoms with Gasteiger partial charge in [0.1, 0.15) is 0 Å². The average molecular weight is 264 g/mol. The number of anilines is 1. The molecular weight excluding hydrogens is 254 g/mol. The van der Waals surface area contributed by atoms with Gasteiger partial charge in [-0.05, 0) is 19.1 Å². The molecular formula is C10H9Cl3N2. The van der Waals surface area contributed by atoms with Crippen molar-refractivity contribution in [1.82, 2.24) is 0 Å². The zero-order valence-corrected chi connectivity index (χ0v) is 10.3. The van der Waals surface area contributed by atoms with E-state index in [2.05, 4.69) is 11.4 Å². The first-order valence-corrected chi connectivity index (χ1v) is 5.46. The Hall–Kier alpha value is -0.620. The molecule has 0 aromatic heterocycles. The van der Waals surface area contributed by atoms with Crippen LogP contribution in [0.25, 0.3) is 0 Å². The summed E-state index contributed by atoms with van der Waals surface area (Å²) in [7, 11) is 0. The van der Waals surface area contributed by atoms with Crippen molar-refractivity contribution in [2.45, 2.75) is 19.4 Å². The SMILES string of the molecule is CC(CC#N)Nc1cc(Cl)c(Cl)cc1Cl. The van der Waals surface area contributed by atoms with Crippen LogP contribution in [0, 0.1) is 11.3 Å². The first-order chi connectivity index (χ1) is 7.04. The molecule has 5 heteroatoms. The number of hydrogen-bond donors (Lipinski definition) is 1. The Labute approximate surface area is 104 Å². The van der Waals surface area contributed by atoms with Crippen LogP contribution in [-0.2, 0) is 0 Å². The summed E-state index contributed by atoms with van der Waals surface area (Å²) in [5, 5.41) is 12.9. The fourth-order valence-corrected chi connectivity index (χ4v) is 1.69. The van der Waals surface area contributed by atoms with Crippen LogP contribution >= 0.6 is 34.8 Å². The highest BCUT2D eigenvalue weighted by Gasteiger charge is 2.08. The van der Waals surface area contributed by atoms with E-state index in [0.29, 0.717) is 27.2 Å². The maximum Gasteiger partial charge on any atom is 0.0653 e. The van der Waals surface area contributed by atoms with E-state index < -0.39 is 0 Å². The molecule has 0 saturated carbocycles. The third kappa shape index (κ3) is 3.46. The Kier molecular flexibility index (Phi) is 4.53. The van der Waals surface area contributed by atoms with Crippen LogP contribution < -0.4 is 5.32 Å². The van der Waals surface area contributed by atoms with Gasteiger partial charge in [-0.3, -0.25) is 0 Å². The highest BCUT2D eigenvalue weighted by Crippen LogP contribution is 2.32. The van der Waals surface area contributed by atoms with Crippen molar-refractivity contribution in [3.63, 3.8) is 0 Å². The molecule has 15 heavy (non-hydrogen) atoms. The van der Waals surface area contributed by atoms with E-state index in [1.165, 1.54) is 0 Å². The summed E-state index contributed by atoms with van der Waals surface area (Å²) in [5.41, 5.74) is 0.689. The maximum atomic E-state index is 8.51. The summed E-state index contributed by atoms with van der Waals surface area (Å²) in [5.74, 6) is 0. The summed E-state index contributed by atoms with van der Waals surface area (Å²) in [6, 6.07) is 5.32. The van der Waals surface area contributed by atoms with E-state index in [1.807, 2.05) is 6.92 Å². The van der Waals surface area contributed by atoms with Crippen molar-refractivity contribution < 1.29 is 0 Å². The first kappa shape index (κ1) is 12.4. The zero-order chi connectivity index (χ0) is 11.4. The normalized spacial score (nSPS) is 11.9. The number of hydrogen-bond acceptors (Lipinski definition) is 2. The predicted molar refractivity (Wildman–Crippen MR) is 64.8 cm³/mol. The summed E-state index contributed by atoms with van der Waals surface area (Å²) in [4.78, 5) is 0. The highest BCUT2D eigenvalue weighted by molar-refractivity contribution is 6.44. The van der Waals surface area contributed by atoms with Gasteiger partial charge in [0.2, 0.25) is 0 Å². The Bertz CT molecular complexity index is 398. The van der Waals surface area contributed by atoms with Crippen molar-refractivity contribution in [2.24, 2.45) is 0 Å². The van der Waals surface area contributed by atoms with Gasteiger partial charge in [0, 0.05) is 6.04 Å². The third-order valence-electron chi connectivity index (χ3n) is 1.81. The lowest BCUT2D eigenvalue weighted by molar-refractivity contribution is 0.821.